The van der Waals surface area contributed by atoms with Crippen molar-refractivity contribution in [1.29, 1.82) is 0 Å². The third-order valence-corrected chi connectivity index (χ3v) is 36.1. The predicted octanol–water partition coefficient (Wildman–Crippen LogP) is 21.5. The number of rotatable bonds is 17. The van der Waals surface area contributed by atoms with Gasteiger partial charge in [0.15, 0.2) is 0 Å². The summed E-state index contributed by atoms with van der Waals surface area (Å²) in [6, 6.07) is 0.269. The smallest absolute Gasteiger partial charge is 0.312 e. The van der Waals surface area contributed by atoms with Gasteiger partial charge in [0.25, 0.3) is 0 Å². The summed E-state index contributed by atoms with van der Waals surface area (Å²) in [5, 5.41) is 0. The number of amides is 2. The van der Waals surface area contributed by atoms with Crippen molar-refractivity contribution in [2.75, 3.05) is 0 Å². The van der Waals surface area contributed by atoms with Crippen LogP contribution in [-0.4, -0.2) is 82.6 Å². The lowest BCUT2D eigenvalue weighted by Gasteiger charge is -2.56. The second kappa shape index (κ2) is 30.9. The molecule has 1 saturated heterocycles. The number of hydrogen-bond acceptors (Lipinski definition) is 12. The van der Waals surface area contributed by atoms with Gasteiger partial charge in [0.1, 0.15) is 30.0 Å². The summed E-state index contributed by atoms with van der Waals surface area (Å²) < 4.78 is 29.4. The van der Waals surface area contributed by atoms with Gasteiger partial charge in [-0.1, -0.05) is 82.1 Å². The molecule has 0 aromatic heterocycles. The molecule has 2 amide bonds. The number of imide groups is 1. The van der Waals surface area contributed by atoms with E-state index in [4.69, 9.17) is 23.7 Å². The summed E-state index contributed by atoms with van der Waals surface area (Å²) in [5.41, 5.74) is -1.65. The van der Waals surface area contributed by atoms with Crippen LogP contribution in [0.25, 0.3) is 0 Å². The molecular formula is C95H153NO12. The molecule has 0 radical (unpaired) electrons. The van der Waals surface area contributed by atoms with Crippen molar-refractivity contribution in [3.63, 3.8) is 0 Å². The first-order valence-corrected chi connectivity index (χ1v) is 45.7. The molecular weight excluding hydrogens is 1350 g/mol. The molecule has 1 aliphatic heterocycles. The van der Waals surface area contributed by atoms with Gasteiger partial charge in [-0.15, -0.1) is 0 Å². The molecule has 0 N–H and O–H groups in total. The number of esters is 5. The molecule has 610 valence electrons. The van der Waals surface area contributed by atoms with Crippen LogP contribution in [0.5, 0.6) is 0 Å². The highest BCUT2D eigenvalue weighted by atomic mass is 16.6. The molecule has 16 bridgehead atoms. The van der Waals surface area contributed by atoms with E-state index < -0.39 is 5.41 Å². The minimum atomic E-state index is -0.391. The van der Waals surface area contributed by atoms with Crippen LogP contribution in [0, 0.1) is 168 Å². The maximum atomic E-state index is 12.7. The lowest BCUT2D eigenvalue weighted by Crippen LogP contribution is -2.68. The standard InChI is InChI=1S/C18H28O2.C17H25NO2.2C16H26O2.C15H26O2.C13H22O2/c1-4-18(2,3)17(19)20-14-9-12-8-13(14)16-11-6-5-10(7-11)15(12)16;1-4-17(2,3)16(20)18-14-12-8-11(13(14)15(18)19)9-6-5-7-10(9)12;1-4-15(2,3)14(17)18-16-8-11-5-12(9-16)7-13(6-11)10-16;1-4-16(2,3)15(17)18-14-9-10-8-13(14)12-7-5-6-11(10)12;1-6-14(2,3)13(16)17-12-9-10-7-8-11(12)15(10,4)5;1-4-13(2,3)12(14)15-11-8-9-5-6-10(11)7-9/h10-16H,4-9H2,1-3H3;9-14H,4-8H2,1-3H3;11-13H,4-10H2,1-3H3;10-14H,4-9H2,1-3H3;10-12H,6-9H2,1-5H3;9-11H,4-8H2,1-3H3. The van der Waals surface area contributed by atoms with Crippen LogP contribution >= 0.6 is 0 Å². The first kappa shape index (κ1) is 82.5. The highest BCUT2D eigenvalue weighted by Crippen LogP contribution is 2.69. The third kappa shape index (κ3) is 15.4. The summed E-state index contributed by atoms with van der Waals surface area (Å²) in [4.78, 5) is 87.8. The number of hydrogen-bond donors (Lipinski definition) is 0. The van der Waals surface area contributed by atoms with Gasteiger partial charge in [0.05, 0.1) is 39.0 Å². The maximum Gasteiger partial charge on any atom is 0.312 e. The van der Waals surface area contributed by atoms with Crippen molar-refractivity contribution in [1.82, 2.24) is 4.90 Å². The fourth-order valence-corrected chi connectivity index (χ4v) is 27.3. The number of β-lactam (4-membered cyclic amide) rings is 1. The largest absolute Gasteiger partial charge is 0.462 e. The molecule has 18 saturated carbocycles. The number of ether oxygens (including phenoxy) is 5. The SMILES string of the molecule is CCC(C)(C)C(=O)N1C(=O)C2C3CC(C4CCCC43)C21.CCC(C)(C)C(=O)OC12CC3CC(CC(C3)C1)C2.CCC(C)(C)C(=O)OC1CC2CC1C1C3CCC(C3)C21.CCC(C)(C)C(=O)OC1CC2CC1C1CCCC21.CCC(C)(C)C(=O)OC1CC2CCC1C2.CCC(C)(C)C(=O)OC1CC2CCC1C2(C)C. The van der Waals surface area contributed by atoms with Crippen LogP contribution in [0.15, 0.2) is 0 Å². The molecule has 19 rings (SSSR count). The van der Waals surface area contributed by atoms with E-state index in [2.05, 4.69) is 34.6 Å². The van der Waals surface area contributed by atoms with Crippen LogP contribution in [0.1, 0.15) is 350 Å². The fourth-order valence-electron chi connectivity index (χ4n) is 27.3. The predicted molar refractivity (Wildman–Crippen MR) is 424 cm³/mol. The monoisotopic (exact) mass is 1500 g/mol. The number of fused-ring (bicyclic) bond motifs is 26. The molecule has 0 aromatic rings. The van der Waals surface area contributed by atoms with Gasteiger partial charge in [-0.2, -0.15) is 0 Å². The normalized spacial score (nSPS) is 41.7. The van der Waals surface area contributed by atoms with E-state index in [9.17, 15) is 33.6 Å². The Kier molecular flexibility index (Phi) is 23.6. The molecule has 108 heavy (non-hydrogen) atoms. The number of carbonyl (C=O) groups excluding carboxylic acids is 7. The average Bonchev–Trinajstić information content (AvgIpc) is 1.51. The lowest BCUT2D eigenvalue weighted by atomic mass is 9.54. The van der Waals surface area contributed by atoms with Gasteiger partial charge in [-0.3, -0.25) is 38.5 Å². The highest BCUT2D eigenvalue weighted by Gasteiger charge is 2.71. The molecule has 0 spiro atoms. The van der Waals surface area contributed by atoms with E-state index in [-0.39, 0.29) is 111 Å². The Morgan fingerprint density at radius 1 is 0.361 bits per heavy atom. The Balaban J connectivity index is 0.000000115. The van der Waals surface area contributed by atoms with Crippen molar-refractivity contribution in [2.24, 2.45) is 168 Å². The second-order valence-electron chi connectivity index (χ2n) is 44.7. The van der Waals surface area contributed by atoms with Crippen molar-refractivity contribution >= 4 is 41.7 Å². The first-order chi connectivity index (χ1) is 50.7. The quantitative estimate of drug-likeness (QED) is 0.0586. The molecule has 24 unspecified atom stereocenters. The zero-order valence-corrected chi connectivity index (χ0v) is 71.8. The van der Waals surface area contributed by atoms with Gasteiger partial charge in [-0.05, 0) is 392 Å². The van der Waals surface area contributed by atoms with E-state index in [1.165, 1.54) is 135 Å². The van der Waals surface area contributed by atoms with Crippen LogP contribution in [-0.2, 0) is 57.2 Å². The van der Waals surface area contributed by atoms with Crippen molar-refractivity contribution in [2.45, 2.75) is 386 Å². The zero-order chi connectivity index (χ0) is 78.1. The Bertz CT molecular complexity index is 3240. The second-order valence-corrected chi connectivity index (χ2v) is 44.7. The van der Waals surface area contributed by atoms with Crippen molar-refractivity contribution < 1.29 is 57.2 Å². The van der Waals surface area contributed by atoms with Gasteiger partial charge in [-0.25, -0.2) is 0 Å². The number of carbonyl (C=O) groups is 7. The van der Waals surface area contributed by atoms with Crippen molar-refractivity contribution in [3.8, 4) is 0 Å². The molecule has 0 aromatic carbocycles. The number of likely N-dealkylation sites (tertiary alicyclic amines) is 1. The minimum Gasteiger partial charge on any atom is -0.462 e. The number of nitrogens with zero attached hydrogens (tertiary/aromatic N) is 1. The third-order valence-electron chi connectivity index (χ3n) is 36.1. The molecule has 13 heteroatoms. The van der Waals surface area contributed by atoms with Crippen LogP contribution in [0.4, 0.5) is 0 Å². The van der Waals surface area contributed by atoms with Gasteiger partial charge >= 0.3 is 29.8 Å². The van der Waals surface area contributed by atoms with E-state index >= 15 is 0 Å². The first-order valence-electron chi connectivity index (χ1n) is 45.7. The summed E-state index contributed by atoms with van der Waals surface area (Å²) in [6.07, 6.45) is 41.2. The molecule has 19 aliphatic rings. The molecule has 13 nitrogen and oxygen atoms in total. The molecule has 18 aliphatic carbocycles. The minimum absolute atomic E-state index is 0.00236. The van der Waals surface area contributed by atoms with Gasteiger partial charge in [0, 0.05) is 11.3 Å². The summed E-state index contributed by atoms with van der Waals surface area (Å²) >= 11 is 0. The van der Waals surface area contributed by atoms with Gasteiger partial charge in [0.2, 0.25) is 11.8 Å². The van der Waals surface area contributed by atoms with Gasteiger partial charge < -0.3 is 23.7 Å². The Morgan fingerprint density at radius 3 is 1.29 bits per heavy atom. The fraction of sp³-hybridized carbons (Fsp3) is 0.926. The van der Waals surface area contributed by atoms with Crippen LogP contribution < -0.4 is 0 Å². The zero-order valence-electron chi connectivity index (χ0n) is 71.8. The van der Waals surface area contributed by atoms with E-state index in [0.717, 1.165) is 166 Å². The topological polar surface area (TPSA) is 169 Å². The lowest BCUT2D eigenvalue weighted by molar-refractivity contribution is -0.196. The van der Waals surface area contributed by atoms with Crippen LogP contribution in [0.2, 0.25) is 0 Å². The Morgan fingerprint density at radius 2 is 0.806 bits per heavy atom. The summed E-state index contributed by atoms with van der Waals surface area (Å²) in [7, 11) is 0. The Labute approximate surface area is 654 Å². The molecule has 1 heterocycles. The summed E-state index contributed by atoms with van der Waals surface area (Å²) in [5.74, 6) is 17.7. The van der Waals surface area contributed by atoms with Crippen molar-refractivity contribution in [3.05, 3.63) is 0 Å². The molecule has 24 atom stereocenters. The Hall–Kier alpha value is -3.51. The molecule has 19 fully saturated rings. The van der Waals surface area contributed by atoms with Crippen LogP contribution in [0.3, 0.4) is 0 Å². The average molecular weight is 1500 g/mol. The van der Waals surface area contributed by atoms with E-state index in [1.54, 1.807) is 4.90 Å². The van der Waals surface area contributed by atoms with E-state index in [1.807, 2.05) is 104 Å². The highest BCUT2D eigenvalue weighted by molar-refractivity contribution is 6.04. The van der Waals surface area contributed by atoms with E-state index in [0.29, 0.717) is 40.9 Å². The maximum absolute atomic E-state index is 12.7. The summed E-state index contributed by atoms with van der Waals surface area (Å²) in [6.45, 7) is 40.9.